The molecule has 0 aromatic heterocycles. The zero-order valence-corrected chi connectivity index (χ0v) is 6.90. The number of hydrogen-bond acceptors (Lipinski definition) is 2. The van der Waals surface area contributed by atoms with E-state index in [2.05, 4.69) is 17.2 Å². The van der Waals surface area contributed by atoms with Crippen LogP contribution in [0.5, 0.6) is 0 Å². The maximum atomic E-state index is 4.35. The van der Waals surface area contributed by atoms with E-state index in [4.69, 9.17) is 0 Å². The summed E-state index contributed by atoms with van der Waals surface area (Å²) in [6, 6.07) is 1.19. The zero-order valence-electron chi connectivity index (χ0n) is 6.90. The van der Waals surface area contributed by atoms with Crippen molar-refractivity contribution in [2.75, 3.05) is 0 Å². The molecule has 2 heteroatoms. The van der Waals surface area contributed by atoms with Gasteiger partial charge in [-0.2, -0.15) is 10.2 Å². The Kier molecular flexibility index (Phi) is 1.03. The molecule has 2 aliphatic carbocycles. The molecule has 0 unspecified atom stereocenters. The number of hydrogen-bond donors (Lipinski definition) is 0. The van der Waals surface area contributed by atoms with Crippen LogP contribution in [0.25, 0.3) is 0 Å². The van der Waals surface area contributed by atoms with Crippen LogP contribution in [0.3, 0.4) is 0 Å². The molecule has 0 bridgehead atoms. The van der Waals surface area contributed by atoms with Gasteiger partial charge in [0, 0.05) is 5.92 Å². The Balaban J connectivity index is 1.88. The third kappa shape index (κ3) is 0.592. The van der Waals surface area contributed by atoms with Crippen molar-refractivity contribution in [1.29, 1.82) is 0 Å². The van der Waals surface area contributed by atoms with Crippen LogP contribution in [0.4, 0.5) is 0 Å². The van der Waals surface area contributed by atoms with Gasteiger partial charge in [0.05, 0.1) is 12.1 Å². The van der Waals surface area contributed by atoms with Gasteiger partial charge in [-0.1, -0.05) is 6.42 Å². The molecule has 1 aliphatic heterocycles. The minimum Gasteiger partial charge on any atom is -0.190 e. The van der Waals surface area contributed by atoms with Crippen molar-refractivity contribution in [3.8, 4) is 0 Å². The lowest BCUT2D eigenvalue weighted by atomic mass is 9.61. The summed E-state index contributed by atoms with van der Waals surface area (Å²) < 4.78 is 0. The number of fused-ring (bicyclic) bond motifs is 4. The van der Waals surface area contributed by atoms with E-state index in [1.54, 1.807) is 0 Å². The van der Waals surface area contributed by atoms with Gasteiger partial charge in [-0.3, -0.25) is 0 Å². The summed E-state index contributed by atoms with van der Waals surface area (Å²) in [5.41, 5.74) is 0. The number of azo groups is 1. The highest BCUT2D eigenvalue weighted by Crippen LogP contribution is 2.56. The smallest absolute Gasteiger partial charge is 0.0791 e. The Morgan fingerprint density at radius 3 is 2.82 bits per heavy atom. The van der Waals surface area contributed by atoms with Gasteiger partial charge < -0.3 is 0 Å². The van der Waals surface area contributed by atoms with Gasteiger partial charge in [-0.05, 0) is 31.6 Å². The van der Waals surface area contributed by atoms with Gasteiger partial charge in [0.2, 0.25) is 0 Å². The standard InChI is InChI=1S/C9H14N2/c1-5-8-6-3-2-4-7(6)9(8)11-10-5/h5-9H,2-4H2,1H3/t5-,6-,7+,8-,9-/m0/s1. The monoisotopic (exact) mass is 150 g/mol. The van der Waals surface area contributed by atoms with Crippen LogP contribution >= 0.6 is 0 Å². The molecule has 0 aromatic carbocycles. The lowest BCUT2D eigenvalue weighted by molar-refractivity contribution is 0.0742. The maximum absolute atomic E-state index is 4.35. The Morgan fingerprint density at radius 1 is 1.09 bits per heavy atom. The van der Waals surface area contributed by atoms with E-state index < -0.39 is 0 Å². The summed E-state index contributed by atoms with van der Waals surface area (Å²) in [6.07, 6.45) is 4.34. The molecule has 0 saturated heterocycles. The second-order valence-corrected chi connectivity index (χ2v) is 4.30. The van der Waals surface area contributed by atoms with E-state index in [0.717, 1.165) is 17.8 Å². The van der Waals surface area contributed by atoms with Crippen LogP contribution in [0.2, 0.25) is 0 Å². The lowest BCUT2D eigenvalue weighted by Crippen LogP contribution is -2.48. The summed E-state index contributed by atoms with van der Waals surface area (Å²) in [4.78, 5) is 0. The average molecular weight is 150 g/mol. The van der Waals surface area contributed by atoms with Gasteiger partial charge in [-0.15, -0.1) is 0 Å². The molecule has 0 spiro atoms. The van der Waals surface area contributed by atoms with Crippen molar-refractivity contribution in [2.45, 2.75) is 38.3 Å². The molecule has 5 atom stereocenters. The van der Waals surface area contributed by atoms with E-state index in [9.17, 15) is 0 Å². The first-order valence-corrected chi connectivity index (χ1v) is 4.78. The predicted octanol–water partition coefficient (Wildman–Crippen LogP) is 2.26. The van der Waals surface area contributed by atoms with Crippen LogP contribution in [0.15, 0.2) is 10.2 Å². The van der Waals surface area contributed by atoms with E-state index in [1.165, 1.54) is 19.3 Å². The molecular weight excluding hydrogens is 136 g/mol. The zero-order chi connectivity index (χ0) is 7.42. The van der Waals surface area contributed by atoms with Gasteiger partial charge in [0.15, 0.2) is 0 Å². The van der Waals surface area contributed by atoms with E-state index >= 15 is 0 Å². The van der Waals surface area contributed by atoms with Crippen LogP contribution < -0.4 is 0 Å². The number of nitrogens with zero attached hydrogens (tertiary/aromatic N) is 2. The van der Waals surface area contributed by atoms with E-state index in [1.807, 2.05) is 0 Å². The van der Waals surface area contributed by atoms with E-state index in [-0.39, 0.29) is 0 Å². The minimum absolute atomic E-state index is 0.541. The van der Waals surface area contributed by atoms with Crippen molar-refractivity contribution >= 4 is 0 Å². The summed E-state index contributed by atoms with van der Waals surface area (Å²) in [5, 5.41) is 8.62. The fourth-order valence-corrected chi connectivity index (χ4v) is 3.38. The minimum atomic E-state index is 0.541. The SMILES string of the molecule is C[C@@H]1N=N[C@H]2[C@@H]3CCC[C@@H]3[C@@H]21. The van der Waals surface area contributed by atoms with Gasteiger partial charge in [0.1, 0.15) is 0 Å². The Morgan fingerprint density at radius 2 is 1.91 bits per heavy atom. The quantitative estimate of drug-likeness (QED) is 0.506. The molecule has 2 nitrogen and oxygen atoms in total. The topological polar surface area (TPSA) is 24.7 Å². The average Bonchev–Trinajstić information content (AvgIpc) is 2.43. The van der Waals surface area contributed by atoms with Crippen molar-refractivity contribution < 1.29 is 0 Å². The molecule has 0 N–H and O–H groups in total. The van der Waals surface area contributed by atoms with Gasteiger partial charge in [0.25, 0.3) is 0 Å². The fourth-order valence-electron chi connectivity index (χ4n) is 3.38. The normalized spacial score (nSPS) is 58.8. The molecule has 2 saturated carbocycles. The maximum Gasteiger partial charge on any atom is 0.0791 e. The highest BCUT2D eigenvalue weighted by Gasteiger charge is 2.56. The fraction of sp³-hybridized carbons (Fsp3) is 1.00. The van der Waals surface area contributed by atoms with Gasteiger partial charge in [-0.25, -0.2) is 0 Å². The second-order valence-electron chi connectivity index (χ2n) is 4.30. The first-order chi connectivity index (χ1) is 5.38. The Labute approximate surface area is 67.1 Å². The van der Waals surface area contributed by atoms with Crippen molar-refractivity contribution in [1.82, 2.24) is 0 Å². The lowest BCUT2D eigenvalue weighted by Gasteiger charge is -2.43. The Bertz CT molecular complexity index is 212. The highest BCUT2D eigenvalue weighted by atomic mass is 15.2. The Hall–Kier alpha value is -0.400. The second kappa shape index (κ2) is 1.85. The molecule has 0 amide bonds. The van der Waals surface area contributed by atoms with Gasteiger partial charge >= 0.3 is 0 Å². The molecular formula is C9H14N2. The molecule has 11 heavy (non-hydrogen) atoms. The van der Waals surface area contributed by atoms with Crippen molar-refractivity contribution in [2.24, 2.45) is 28.0 Å². The molecule has 3 rings (SSSR count). The number of rotatable bonds is 0. The third-order valence-electron chi connectivity index (χ3n) is 3.89. The third-order valence-corrected chi connectivity index (χ3v) is 3.89. The van der Waals surface area contributed by atoms with Crippen LogP contribution in [-0.4, -0.2) is 12.1 Å². The molecule has 2 fully saturated rings. The summed E-state index contributed by atoms with van der Waals surface area (Å²) in [7, 11) is 0. The summed E-state index contributed by atoms with van der Waals surface area (Å²) in [5.74, 6) is 2.79. The summed E-state index contributed by atoms with van der Waals surface area (Å²) >= 11 is 0. The predicted molar refractivity (Wildman–Crippen MR) is 42.4 cm³/mol. The molecule has 0 radical (unpaired) electrons. The van der Waals surface area contributed by atoms with Crippen LogP contribution in [0.1, 0.15) is 26.2 Å². The van der Waals surface area contributed by atoms with Crippen LogP contribution in [0, 0.1) is 17.8 Å². The first-order valence-electron chi connectivity index (χ1n) is 4.78. The van der Waals surface area contributed by atoms with Crippen molar-refractivity contribution in [3.05, 3.63) is 0 Å². The first kappa shape index (κ1) is 6.15. The molecule has 1 heterocycles. The molecule has 0 aromatic rings. The highest BCUT2D eigenvalue weighted by molar-refractivity contribution is 5.09. The molecule has 60 valence electrons. The van der Waals surface area contributed by atoms with E-state index in [0.29, 0.717) is 12.1 Å². The largest absolute Gasteiger partial charge is 0.190 e. The van der Waals surface area contributed by atoms with Crippen LogP contribution in [-0.2, 0) is 0 Å². The summed E-state index contributed by atoms with van der Waals surface area (Å²) in [6.45, 7) is 2.22. The van der Waals surface area contributed by atoms with Crippen molar-refractivity contribution in [3.63, 3.8) is 0 Å². The molecule has 3 aliphatic rings.